The van der Waals surface area contributed by atoms with Gasteiger partial charge in [0.05, 0.1) is 23.7 Å². The van der Waals surface area contributed by atoms with E-state index in [0.717, 1.165) is 9.86 Å². The number of hydrogen-bond acceptors (Lipinski definition) is 7. The highest BCUT2D eigenvalue weighted by Crippen LogP contribution is 2.29. The maximum atomic E-state index is 13.5. The van der Waals surface area contributed by atoms with Gasteiger partial charge >= 0.3 is 5.97 Å². The van der Waals surface area contributed by atoms with Crippen molar-refractivity contribution in [3.05, 3.63) is 93.2 Å². The molecule has 0 amide bonds. The first-order valence-electron chi connectivity index (χ1n) is 11.6. The van der Waals surface area contributed by atoms with Crippen molar-refractivity contribution in [1.82, 2.24) is 9.66 Å². The van der Waals surface area contributed by atoms with Crippen molar-refractivity contribution < 1.29 is 18.7 Å². The number of halogens is 1. The van der Waals surface area contributed by atoms with Crippen molar-refractivity contribution in [2.75, 3.05) is 6.61 Å². The van der Waals surface area contributed by atoms with Gasteiger partial charge in [-0.15, -0.1) is 0 Å². The van der Waals surface area contributed by atoms with Crippen LogP contribution in [0.5, 0.6) is 5.75 Å². The molecule has 3 aromatic carbocycles. The van der Waals surface area contributed by atoms with Crippen LogP contribution < -0.4 is 10.3 Å². The molecule has 2 aromatic heterocycles. The monoisotopic (exact) mass is 559 g/mol. The Hall–Kier alpha value is -4.24. The SMILES string of the molecule is CCOC(=O)[C@@H](C)Oc1ccccc1C=Nn1c(-c2cc3cc(Br)ccc3o2)nc2ccccc2c1=O. The Kier molecular flexibility index (Phi) is 6.87. The molecule has 5 rings (SSSR count). The first-order chi connectivity index (χ1) is 17.9. The Labute approximate surface area is 220 Å². The zero-order valence-corrected chi connectivity index (χ0v) is 21.6. The maximum Gasteiger partial charge on any atom is 0.347 e. The number of fused-ring (bicyclic) bond motifs is 2. The highest BCUT2D eigenvalue weighted by Gasteiger charge is 2.18. The fourth-order valence-electron chi connectivity index (χ4n) is 3.83. The normalized spacial score (nSPS) is 12.3. The summed E-state index contributed by atoms with van der Waals surface area (Å²) < 4.78 is 19.0. The molecule has 1 atom stereocenters. The standard InChI is InChI=1S/C28H22BrN3O5/c1-3-35-28(34)17(2)36-23-11-7-4-8-18(23)16-30-32-26(31-22-10-6-5-9-21(22)27(32)33)25-15-19-14-20(29)12-13-24(19)37-25/h4-17H,3H2,1-2H3/t17-/m1/s1. The zero-order valence-electron chi connectivity index (χ0n) is 20.1. The van der Waals surface area contributed by atoms with E-state index in [4.69, 9.17) is 18.9 Å². The van der Waals surface area contributed by atoms with Gasteiger partial charge in [-0.3, -0.25) is 4.79 Å². The summed E-state index contributed by atoms with van der Waals surface area (Å²) in [4.78, 5) is 30.3. The molecule has 5 aromatic rings. The second kappa shape index (κ2) is 10.4. The summed E-state index contributed by atoms with van der Waals surface area (Å²) in [5.74, 6) is 0.603. The van der Waals surface area contributed by atoms with Crippen molar-refractivity contribution in [1.29, 1.82) is 0 Å². The van der Waals surface area contributed by atoms with Crippen molar-refractivity contribution in [3.63, 3.8) is 0 Å². The number of hydrogen-bond donors (Lipinski definition) is 0. The number of benzene rings is 3. The molecule has 2 heterocycles. The lowest BCUT2D eigenvalue weighted by molar-refractivity contribution is -0.150. The van der Waals surface area contributed by atoms with Crippen molar-refractivity contribution in [3.8, 4) is 17.3 Å². The average Bonchev–Trinajstić information content (AvgIpc) is 3.32. The van der Waals surface area contributed by atoms with Crippen LogP contribution in [0.15, 0.2) is 91.6 Å². The summed E-state index contributed by atoms with van der Waals surface area (Å²) in [6.07, 6.45) is 0.679. The molecule has 9 heteroatoms. The molecule has 0 spiro atoms. The molecular weight excluding hydrogens is 538 g/mol. The summed E-state index contributed by atoms with van der Waals surface area (Å²) in [6, 6.07) is 21.6. The molecule has 0 unspecified atom stereocenters. The number of aromatic nitrogens is 2. The van der Waals surface area contributed by atoms with Gasteiger partial charge in [0.25, 0.3) is 5.56 Å². The van der Waals surface area contributed by atoms with Gasteiger partial charge in [-0.05, 0) is 62.4 Å². The topological polar surface area (TPSA) is 95.9 Å². The van der Waals surface area contributed by atoms with Gasteiger partial charge in [-0.1, -0.05) is 40.2 Å². The molecule has 8 nitrogen and oxygen atoms in total. The first kappa shape index (κ1) is 24.5. The van der Waals surface area contributed by atoms with Crippen molar-refractivity contribution in [2.45, 2.75) is 20.0 Å². The summed E-state index contributed by atoms with van der Waals surface area (Å²) in [5, 5.41) is 5.77. The Morgan fingerprint density at radius 3 is 2.76 bits per heavy atom. The Bertz CT molecular complexity index is 1710. The second-order valence-corrected chi connectivity index (χ2v) is 9.07. The highest BCUT2D eigenvalue weighted by atomic mass is 79.9. The molecule has 186 valence electrons. The van der Waals surface area contributed by atoms with E-state index in [1.807, 2.05) is 36.4 Å². The second-order valence-electron chi connectivity index (χ2n) is 8.16. The molecule has 0 saturated heterocycles. The highest BCUT2D eigenvalue weighted by molar-refractivity contribution is 9.10. The number of para-hydroxylation sites is 2. The van der Waals surface area contributed by atoms with Crippen LogP contribution >= 0.6 is 15.9 Å². The Morgan fingerprint density at radius 2 is 1.92 bits per heavy atom. The fraction of sp³-hybridized carbons (Fsp3) is 0.143. The average molecular weight is 560 g/mol. The number of esters is 1. The van der Waals surface area contributed by atoms with E-state index in [2.05, 4.69) is 21.0 Å². The lowest BCUT2D eigenvalue weighted by Crippen LogP contribution is -2.26. The van der Waals surface area contributed by atoms with Crippen LogP contribution in [-0.4, -0.2) is 34.6 Å². The minimum absolute atomic E-state index is 0.255. The minimum atomic E-state index is -0.815. The zero-order chi connectivity index (χ0) is 25.9. The van der Waals surface area contributed by atoms with Crippen LogP contribution in [0.4, 0.5) is 0 Å². The number of furan rings is 1. The van der Waals surface area contributed by atoms with E-state index in [1.165, 1.54) is 10.9 Å². The van der Waals surface area contributed by atoms with Gasteiger partial charge in [-0.2, -0.15) is 9.78 Å². The number of rotatable bonds is 7. The predicted octanol–water partition coefficient (Wildman–Crippen LogP) is 5.78. The molecular formula is C28H22BrN3O5. The molecule has 0 radical (unpaired) electrons. The Balaban J connectivity index is 1.61. The van der Waals surface area contributed by atoms with Crippen LogP contribution in [0.2, 0.25) is 0 Å². The van der Waals surface area contributed by atoms with Crippen LogP contribution in [0, 0.1) is 0 Å². The summed E-state index contributed by atoms with van der Waals surface area (Å²) in [7, 11) is 0. The van der Waals surface area contributed by atoms with Gasteiger partial charge in [0.1, 0.15) is 11.3 Å². The summed E-state index contributed by atoms with van der Waals surface area (Å²) in [6.45, 7) is 3.61. The Morgan fingerprint density at radius 1 is 1.14 bits per heavy atom. The van der Waals surface area contributed by atoms with Gasteiger partial charge in [-0.25, -0.2) is 9.78 Å². The molecule has 0 N–H and O–H groups in total. The molecule has 0 aliphatic rings. The molecule has 0 aliphatic carbocycles. The van der Waals surface area contributed by atoms with Crippen LogP contribution in [0.3, 0.4) is 0 Å². The lowest BCUT2D eigenvalue weighted by atomic mass is 10.2. The van der Waals surface area contributed by atoms with Gasteiger partial charge < -0.3 is 13.9 Å². The summed E-state index contributed by atoms with van der Waals surface area (Å²) >= 11 is 3.47. The van der Waals surface area contributed by atoms with Crippen LogP contribution in [-0.2, 0) is 9.53 Å². The lowest BCUT2D eigenvalue weighted by Gasteiger charge is -2.15. The number of carbonyl (C=O) groups excluding carboxylic acids is 1. The van der Waals surface area contributed by atoms with Gasteiger partial charge in [0.15, 0.2) is 11.9 Å². The molecule has 0 saturated carbocycles. The smallest absolute Gasteiger partial charge is 0.347 e. The van der Waals surface area contributed by atoms with E-state index in [1.54, 1.807) is 50.2 Å². The van der Waals surface area contributed by atoms with Crippen LogP contribution in [0.1, 0.15) is 19.4 Å². The summed E-state index contributed by atoms with van der Waals surface area (Å²) in [5.41, 5.74) is 1.40. The van der Waals surface area contributed by atoms with Crippen LogP contribution in [0.25, 0.3) is 33.5 Å². The van der Waals surface area contributed by atoms with E-state index < -0.39 is 12.1 Å². The third-order valence-corrected chi connectivity index (χ3v) is 6.10. The van der Waals surface area contributed by atoms with Crippen molar-refractivity contribution in [2.24, 2.45) is 5.10 Å². The van der Waals surface area contributed by atoms with Crippen molar-refractivity contribution >= 4 is 50.0 Å². The molecule has 37 heavy (non-hydrogen) atoms. The maximum absolute atomic E-state index is 13.5. The molecule has 0 aliphatic heterocycles. The predicted molar refractivity (Wildman–Crippen MR) is 145 cm³/mol. The quantitative estimate of drug-likeness (QED) is 0.185. The van der Waals surface area contributed by atoms with Gasteiger partial charge in [0.2, 0.25) is 5.82 Å². The number of nitrogens with zero attached hydrogens (tertiary/aromatic N) is 3. The third-order valence-electron chi connectivity index (χ3n) is 5.61. The largest absolute Gasteiger partial charge is 0.478 e. The molecule has 0 fully saturated rings. The van der Waals surface area contributed by atoms with Gasteiger partial charge in [0, 0.05) is 15.4 Å². The van der Waals surface area contributed by atoms with E-state index in [0.29, 0.717) is 33.6 Å². The van der Waals surface area contributed by atoms with E-state index in [9.17, 15) is 9.59 Å². The first-order valence-corrected chi connectivity index (χ1v) is 12.4. The number of carbonyl (C=O) groups is 1. The van der Waals surface area contributed by atoms with E-state index >= 15 is 0 Å². The minimum Gasteiger partial charge on any atom is -0.478 e. The van der Waals surface area contributed by atoms with E-state index in [-0.39, 0.29) is 18.0 Å². The fourth-order valence-corrected chi connectivity index (χ4v) is 4.21. The third kappa shape index (κ3) is 5.03. The number of ether oxygens (including phenoxy) is 2. The molecule has 0 bridgehead atoms.